The molecular weight excluding hydrogens is 316 g/mol. The number of carbonyl (C=O) groups excluding carboxylic acids is 2. The Labute approximate surface area is 148 Å². The summed E-state index contributed by atoms with van der Waals surface area (Å²) < 4.78 is 5.66. The Kier molecular flexibility index (Phi) is 7.01. The lowest BCUT2D eigenvalue weighted by atomic mass is 10.1. The highest BCUT2D eigenvalue weighted by Crippen LogP contribution is 2.24. The highest BCUT2D eigenvalue weighted by Gasteiger charge is 2.10. The van der Waals surface area contributed by atoms with Crippen LogP contribution in [0.2, 0.25) is 0 Å². The molecule has 132 valence electrons. The highest BCUT2D eigenvalue weighted by molar-refractivity contribution is 5.95. The molecule has 5 heteroatoms. The molecule has 25 heavy (non-hydrogen) atoms. The van der Waals surface area contributed by atoms with Crippen LogP contribution in [0.15, 0.2) is 54.6 Å². The first kappa shape index (κ1) is 18.5. The minimum Gasteiger partial charge on any atom is -0.489 e. The normalized spacial score (nSPS) is 10.4. The molecule has 0 saturated carbocycles. The third-order valence-corrected chi connectivity index (χ3v) is 3.45. The average Bonchev–Trinajstić information content (AvgIpc) is 2.60. The Balaban J connectivity index is 1.78. The second-order valence-corrected chi connectivity index (χ2v) is 5.97. The monoisotopic (exact) mass is 340 g/mol. The van der Waals surface area contributed by atoms with E-state index in [1.807, 2.05) is 56.3 Å². The maximum absolute atomic E-state index is 12.0. The third kappa shape index (κ3) is 6.67. The van der Waals surface area contributed by atoms with Crippen LogP contribution >= 0.6 is 0 Å². The Bertz CT molecular complexity index is 699. The lowest BCUT2D eigenvalue weighted by Crippen LogP contribution is -2.33. The van der Waals surface area contributed by atoms with Crippen molar-refractivity contribution in [2.45, 2.75) is 32.8 Å². The molecule has 0 atom stereocenters. The van der Waals surface area contributed by atoms with Crippen molar-refractivity contribution in [3.63, 3.8) is 0 Å². The molecular formula is C20H24N2O3. The molecule has 0 heterocycles. The van der Waals surface area contributed by atoms with Crippen molar-refractivity contribution in [2.24, 2.45) is 0 Å². The summed E-state index contributed by atoms with van der Waals surface area (Å²) in [6.45, 7) is 3.78. The molecule has 5 nitrogen and oxygen atoms in total. The van der Waals surface area contributed by atoms with Crippen molar-refractivity contribution >= 4 is 17.5 Å². The Morgan fingerprint density at radius 3 is 2.36 bits per heavy atom. The van der Waals surface area contributed by atoms with Gasteiger partial charge >= 0.3 is 0 Å². The van der Waals surface area contributed by atoms with Gasteiger partial charge in [-0.3, -0.25) is 9.59 Å². The summed E-state index contributed by atoms with van der Waals surface area (Å²) >= 11 is 0. The van der Waals surface area contributed by atoms with Crippen LogP contribution in [-0.2, 0) is 16.0 Å². The van der Waals surface area contributed by atoms with Gasteiger partial charge in [0.25, 0.3) is 0 Å². The number of rotatable bonds is 8. The zero-order valence-electron chi connectivity index (χ0n) is 14.6. The zero-order chi connectivity index (χ0) is 18.1. The molecule has 0 spiro atoms. The Hall–Kier alpha value is -2.82. The molecule has 2 aromatic carbocycles. The van der Waals surface area contributed by atoms with Gasteiger partial charge in [-0.15, -0.1) is 0 Å². The zero-order valence-corrected chi connectivity index (χ0v) is 14.6. The first-order chi connectivity index (χ1) is 12.0. The molecule has 2 amide bonds. The van der Waals surface area contributed by atoms with Crippen LogP contribution in [0.4, 0.5) is 5.69 Å². The van der Waals surface area contributed by atoms with Crippen molar-refractivity contribution in [3.05, 3.63) is 60.2 Å². The van der Waals surface area contributed by atoms with Crippen LogP contribution in [0.5, 0.6) is 5.75 Å². The van der Waals surface area contributed by atoms with Crippen LogP contribution in [0, 0.1) is 0 Å². The second kappa shape index (κ2) is 9.47. The predicted octanol–water partition coefficient (Wildman–Crippen LogP) is 3.16. The number of para-hydroxylation sites is 2. The number of aryl methyl sites for hydroxylation is 1. The fraction of sp³-hybridized carbons (Fsp3) is 0.300. The van der Waals surface area contributed by atoms with Gasteiger partial charge < -0.3 is 15.4 Å². The second-order valence-electron chi connectivity index (χ2n) is 5.97. The van der Waals surface area contributed by atoms with E-state index in [-0.39, 0.29) is 24.5 Å². The van der Waals surface area contributed by atoms with Crippen molar-refractivity contribution in [1.82, 2.24) is 5.32 Å². The summed E-state index contributed by atoms with van der Waals surface area (Å²) in [5.41, 5.74) is 1.70. The molecule has 0 aromatic heterocycles. The smallest absolute Gasteiger partial charge is 0.243 e. The molecule has 0 aliphatic heterocycles. The van der Waals surface area contributed by atoms with Crippen LogP contribution in [0.3, 0.4) is 0 Å². The van der Waals surface area contributed by atoms with Crippen LogP contribution in [-0.4, -0.2) is 24.5 Å². The number of amides is 2. The minimum absolute atomic E-state index is 0.00995. The highest BCUT2D eigenvalue weighted by atomic mass is 16.5. The molecule has 2 aromatic rings. The number of ether oxygens (including phenoxy) is 1. The molecule has 0 bridgehead atoms. The van der Waals surface area contributed by atoms with Gasteiger partial charge in [-0.1, -0.05) is 42.5 Å². The minimum atomic E-state index is -0.284. The van der Waals surface area contributed by atoms with E-state index in [1.165, 1.54) is 0 Å². The maximum atomic E-state index is 12.0. The molecule has 0 aliphatic rings. The summed E-state index contributed by atoms with van der Waals surface area (Å²) in [7, 11) is 0. The van der Waals surface area contributed by atoms with Gasteiger partial charge in [0.05, 0.1) is 18.3 Å². The number of anilines is 1. The van der Waals surface area contributed by atoms with Crippen LogP contribution < -0.4 is 15.4 Å². The molecule has 0 saturated heterocycles. The van der Waals surface area contributed by atoms with Crippen molar-refractivity contribution in [3.8, 4) is 5.75 Å². The predicted molar refractivity (Wildman–Crippen MR) is 98.6 cm³/mol. The van der Waals surface area contributed by atoms with E-state index in [9.17, 15) is 9.59 Å². The fourth-order valence-corrected chi connectivity index (χ4v) is 2.29. The molecule has 2 rings (SSSR count). The summed E-state index contributed by atoms with van der Waals surface area (Å²) in [6, 6.07) is 17.0. The van der Waals surface area contributed by atoms with Crippen LogP contribution in [0.25, 0.3) is 0 Å². The Morgan fingerprint density at radius 2 is 1.64 bits per heavy atom. The van der Waals surface area contributed by atoms with Gasteiger partial charge in [0.1, 0.15) is 5.75 Å². The van der Waals surface area contributed by atoms with E-state index in [0.29, 0.717) is 24.3 Å². The largest absolute Gasteiger partial charge is 0.489 e. The van der Waals surface area contributed by atoms with E-state index in [2.05, 4.69) is 10.6 Å². The first-order valence-corrected chi connectivity index (χ1v) is 8.41. The van der Waals surface area contributed by atoms with Gasteiger partial charge in [0.15, 0.2) is 0 Å². The van der Waals surface area contributed by atoms with Crippen molar-refractivity contribution in [1.29, 1.82) is 0 Å². The average molecular weight is 340 g/mol. The van der Waals surface area contributed by atoms with Crippen molar-refractivity contribution in [2.75, 3.05) is 11.9 Å². The lowest BCUT2D eigenvalue weighted by molar-refractivity contribution is -0.124. The standard InChI is InChI=1S/C20H24N2O3/c1-15(2)25-18-11-7-6-10-17(18)22-20(24)14-21-19(23)13-12-16-8-4-3-5-9-16/h3-11,15H,12-14H2,1-2H3,(H,21,23)(H,22,24). The molecule has 2 N–H and O–H groups in total. The van der Waals surface area contributed by atoms with E-state index in [4.69, 9.17) is 4.74 Å². The number of benzene rings is 2. The van der Waals surface area contributed by atoms with E-state index >= 15 is 0 Å². The van der Waals surface area contributed by atoms with Crippen LogP contribution in [0.1, 0.15) is 25.8 Å². The maximum Gasteiger partial charge on any atom is 0.243 e. The SMILES string of the molecule is CC(C)Oc1ccccc1NC(=O)CNC(=O)CCc1ccccc1. The summed E-state index contributed by atoms with van der Waals surface area (Å²) in [6.07, 6.45) is 1.01. The number of hydrogen-bond donors (Lipinski definition) is 2. The molecule has 0 unspecified atom stereocenters. The van der Waals surface area contributed by atoms with E-state index < -0.39 is 0 Å². The summed E-state index contributed by atoms with van der Waals surface area (Å²) in [5.74, 6) is 0.180. The quantitative estimate of drug-likeness (QED) is 0.776. The molecule has 0 aliphatic carbocycles. The van der Waals surface area contributed by atoms with Gasteiger partial charge in [0, 0.05) is 6.42 Å². The number of hydrogen-bond acceptors (Lipinski definition) is 3. The first-order valence-electron chi connectivity index (χ1n) is 8.41. The molecule has 0 radical (unpaired) electrons. The lowest BCUT2D eigenvalue weighted by Gasteiger charge is -2.15. The number of nitrogens with one attached hydrogen (secondary N) is 2. The third-order valence-electron chi connectivity index (χ3n) is 3.45. The van der Waals surface area contributed by atoms with Gasteiger partial charge in [0.2, 0.25) is 11.8 Å². The van der Waals surface area contributed by atoms with Gasteiger partial charge in [-0.05, 0) is 38.0 Å². The van der Waals surface area contributed by atoms with Crippen molar-refractivity contribution < 1.29 is 14.3 Å². The molecule has 0 fully saturated rings. The van der Waals surface area contributed by atoms with E-state index in [0.717, 1.165) is 5.56 Å². The van der Waals surface area contributed by atoms with Gasteiger partial charge in [-0.25, -0.2) is 0 Å². The number of carbonyl (C=O) groups is 2. The fourth-order valence-electron chi connectivity index (χ4n) is 2.29. The van der Waals surface area contributed by atoms with Gasteiger partial charge in [-0.2, -0.15) is 0 Å². The topological polar surface area (TPSA) is 67.4 Å². The Morgan fingerprint density at radius 1 is 0.960 bits per heavy atom. The summed E-state index contributed by atoms with van der Waals surface area (Å²) in [4.78, 5) is 23.9. The van der Waals surface area contributed by atoms with E-state index in [1.54, 1.807) is 12.1 Å². The summed E-state index contributed by atoms with van der Waals surface area (Å²) in [5, 5.41) is 5.41.